The summed E-state index contributed by atoms with van der Waals surface area (Å²) in [5.41, 5.74) is 6.01. The van der Waals surface area contributed by atoms with Crippen molar-refractivity contribution in [1.82, 2.24) is 9.80 Å². The van der Waals surface area contributed by atoms with E-state index in [1.54, 1.807) is 0 Å². The molecule has 3 fully saturated rings. The molecular weight excluding hydrogens is 282 g/mol. The normalized spacial score (nSPS) is 32.3. The van der Waals surface area contributed by atoms with Crippen LogP contribution in [0.15, 0.2) is 0 Å². The summed E-state index contributed by atoms with van der Waals surface area (Å²) in [6, 6.07) is 0.956. The lowest BCUT2D eigenvalue weighted by Crippen LogP contribution is -2.57. The van der Waals surface area contributed by atoms with Crippen LogP contribution >= 0.6 is 12.2 Å². The fraction of sp³-hybridized carbons (Fsp3) is 0.938. The lowest BCUT2D eigenvalue weighted by molar-refractivity contribution is -0.106. The molecule has 2 heterocycles. The summed E-state index contributed by atoms with van der Waals surface area (Å²) in [5.74, 6) is 0. The summed E-state index contributed by atoms with van der Waals surface area (Å²) in [7, 11) is 0. The minimum absolute atomic E-state index is 0.228. The van der Waals surface area contributed by atoms with Crippen molar-refractivity contribution in [3.63, 3.8) is 0 Å². The van der Waals surface area contributed by atoms with E-state index in [4.69, 9.17) is 22.7 Å². The van der Waals surface area contributed by atoms with Gasteiger partial charge in [0.1, 0.15) is 0 Å². The predicted molar refractivity (Wildman–Crippen MR) is 89.6 cm³/mol. The Morgan fingerprint density at radius 3 is 2.52 bits per heavy atom. The Morgan fingerprint density at radius 1 is 1.24 bits per heavy atom. The Morgan fingerprint density at radius 2 is 1.90 bits per heavy atom. The number of nitrogens with zero attached hydrogens (tertiary/aromatic N) is 2. The number of piperazine rings is 1. The van der Waals surface area contributed by atoms with Crippen molar-refractivity contribution in [2.45, 2.75) is 63.1 Å². The maximum absolute atomic E-state index is 6.17. The average molecular weight is 311 g/mol. The molecule has 0 aromatic carbocycles. The number of rotatable bonds is 3. The third-order valence-corrected chi connectivity index (χ3v) is 6.15. The van der Waals surface area contributed by atoms with Gasteiger partial charge < -0.3 is 10.5 Å². The molecule has 0 aromatic heterocycles. The Hall–Kier alpha value is -0.230. The zero-order chi connectivity index (χ0) is 14.9. The third-order valence-electron chi connectivity index (χ3n) is 5.81. The van der Waals surface area contributed by atoms with Crippen molar-refractivity contribution >= 4 is 17.2 Å². The fourth-order valence-electron chi connectivity index (χ4n) is 4.35. The summed E-state index contributed by atoms with van der Waals surface area (Å²) >= 11 is 5.13. The highest BCUT2D eigenvalue weighted by Crippen LogP contribution is 2.41. The highest BCUT2D eigenvalue weighted by atomic mass is 32.1. The molecule has 2 aliphatic heterocycles. The quantitative estimate of drug-likeness (QED) is 0.805. The van der Waals surface area contributed by atoms with Gasteiger partial charge in [-0.05, 0) is 32.6 Å². The molecule has 5 heteroatoms. The van der Waals surface area contributed by atoms with Gasteiger partial charge in [-0.2, -0.15) is 0 Å². The largest absolute Gasteiger partial charge is 0.392 e. The smallest absolute Gasteiger partial charge is 0.0899 e. The van der Waals surface area contributed by atoms with Gasteiger partial charge in [0.15, 0.2) is 0 Å². The van der Waals surface area contributed by atoms with E-state index in [0.29, 0.717) is 4.99 Å². The molecule has 0 amide bonds. The molecule has 2 N–H and O–H groups in total. The highest BCUT2D eigenvalue weighted by molar-refractivity contribution is 7.80. The zero-order valence-electron chi connectivity index (χ0n) is 13.2. The molecule has 2 atom stereocenters. The Kier molecular flexibility index (Phi) is 4.84. The minimum atomic E-state index is 0.228. The monoisotopic (exact) mass is 311 g/mol. The van der Waals surface area contributed by atoms with E-state index in [1.165, 1.54) is 38.5 Å². The van der Waals surface area contributed by atoms with Crippen LogP contribution in [-0.4, -0.2) is 65.3 Å². The number of ether oxygens (including phenoxy) is 1. The molecule has 1 aliphatic carbocycles. The standard InChI is InChI=1S/C16H29N3OS/c1-13(15(17)21)18-7-9-19(10-8-18)14-4-11-20-16(12-14)5-2-3-6-16/h13-14H,2-12H2,1H3,(H2,17,21). The van der Waals surface area contributed by atoms with Gasteiger partial charge >= 0.3 is 0 Å². The number of hydrogen-bond donors (Lipinski definition) is 1. The first-order chi connectivity index (χ1) is 10.1. The van der Waals surface area contributed by atoms with Crippen molar-refractivity contribution < 1.29 is 4.74 Å². The summed E-state index contributed by atoms with van der Waals surface area (Å²) in [4.78, 5) is 5.73. The first-order valence-electron chi connectivity index (χ1n) is 8.51. The molecule has 3 rings (SSSR count). The van der Waals surface area contributed by atoms with Crippen molar-refractivity contribution in [3.8, 4) is 0 Å². The van der Waals surface area contributed by atoms with E-state index in [0.717, 1.165) is 38.8 Å². The number of nitrogens with two attached hydrogens (primary N) is 1. The van der Waals surface area contributed by atoms with E-state index in [9.17, 15) is 0 Å². The van der Waals surface area contributed by atoms with Crippen molar-refractivity contribution in [2.75, 3.05) is 32.8 Å². The topological polar surface area (TPSA) is 41.7 Å². The van der Waals surface area contributed by atoms with Crippen LogP contribution in [0, 0.1) is 0 Å². The molecule has 0 radical (unpaired) electrons. The van der Waals surface area contributed by atoms with Gasteiger partial charge in [-0.1, -0.05) is 25.1 Å². The van der Waals surface area contributed by atoms with Gasteiger partial charge in [0.25, 0.3) is 0 Å². The zero-order valence-corrected chi connectivity index (χ0v) is 14.0. The lowest BCUT2D eigenvalue weighted by atomic mass is 9.88. The van der Waals surface area contributed by atoms with Gasteiger partial charge in [-0.3, -0.25) is 9.80 Å². The van der Waals surface area contributed by atoms with Crippen LogP contribution in [0.3, 0.4) is 0 Å². The van der Waals surface area contributed by atoms with E-state index >= 15 is 0 Å². The number of hydrogen-bond acceptors (Lipinski definition) is 4. The minimum Gasteiger partial charge on any atom is -0.392 e. The van der Waals surface area contributed by atoms with Crippen LogP contribution in [0.2, 0.25) is 0 Å². The van der Waals surface area contributed by atoms with Crippen LogP contribution in [0.1, 0.15) is 45.4 Å². The van der Waals surface area contributed by atoms with Gasteiger partial charge in [-0.25, -0.2) is 0 Å². The van der Waals surface area contributed by atoms with E-state index in [2.05, 4.69) is 16.7 Å². The fourth-order valence-corrected chi connectivity index (χ4v) is 4.50. The van der Waals surface area contributed by atoms with Crippen molar-refractivity contribution in [1.29, 1.82) is 0 Å². The molecule has 2 saturated heterocycles. The Labute approximate surface area is 134 Å². The average Bonchev–Trinajstić information content (AvgIpc) is 2.94. The summed E-state index contributed by atoms with van der Waals surface area (Å²) in [6.07, 6.45) is 7.71. The maximum Gasteiger partial charge on any atom is 0.0899 e. The van der Waals surface area contributed by atoms with Crippen LogP contribution in [0.5, 0.6) is 0 Å². The Balaban J connectivity index is 1.53. The van der Waals surface area contributed by atoms with E-state index in [1.807, 2.05) is 0 Å². The van der Waals surface area contributed by atoms with E-state index < -0.39 is 0 Å². The van der Waals surface area contributed by atoms with Crippen LogP contribution in [0.25, 0.3) is 0 Å². The molecule has 21 heavy (non-hydrogen) atoms. The second-order valence-electron chi connectivity index (χ2n) is 7.04. The van der Waals surface area contributed by atoms with Crippen molar-refractivity contribution in [3.05, 3.63) is 0 Å². The molecule has 0 bridgehead atoms. The molecule has 2 unspecified atom stereocenters. The SMILES string of the molecule is CC(C(N)=S)N1CCN(C2CCOC3(CCCC3)C2)CC1. The summed E-state index contributed by atoms with van der Waals surface area (Å²) < 4.78 is 6.17. The van der Waals surface area contributed by atoms with Crippen molar-refractivity contribution in [2.24, 2.45) is 5.73 Å². The second-order valence-corrected chi connectivity index (χ2v) is 7.51. The first kappa shape index (κ1) is 15.7. The molecule has 1 spiro atoms. The van der Waals surface area contributed by atoms with Gasteiger partial charge in [-0.15, -0.1) is 0 Å². The van der Waals surface area contributed by atoms with Crippen LogP contribution in [-0.2, 0) is 4.74 Å². The van der Waals surface area contributed by atoms with Gasteiger partial charge in [0.2, 0.25) is 0 Å². The molecule has 1 saturated carbocycles. The molecular formula is C16H29N3OS. The Bertz CT molecular complexity index is 376. The van der Waals surface area contributed by atoms with E-state index in [-0.39, 0.29) is 11.6 Å². The lowest BCUT2D eigenvalue weighted by Gasteiger charge is -2.46. The van der Waals surface area contributed by atoms with Gasteiger partial charge in [0.05, 0.1) is 16.6 Å². The number of thiocarbonyl (C=S) groups is 1. The maximum atomic E-state index is 6.17. The molecule has 3 aliphatic rings. The second kappa shape index (κ2) is 6.49. The predicted octanol–water partition coefficient (Wildman–Crippen LogP) is 1.77. The molecule has 4 nitrogen and oxygen atoms in total. The molecule has 120 valence electrons. The highest BCUT2D eigenvalue weighted by Gasteiger charge is 2.42. The molecule has 0 aromatic rings. The van der Waals surface area contributed by atoms with Gasteiger partial charge in [0, 0.05) is 38.8 Å². The third kappa shape index (κ3) is 3.41. The van der Waals surface area contributed by atoms with Crippen LogP contribution in [0.4, 0.5) is 0 Å². The summed E-state index contributed by atoms with van der Waals surface area (Å²) in [6.45, 7) is 7.54. The van der Waals surface area contributed by atoms with Crippen LogP contribution < -0.4 is 5.73 Å². The summed E-state index contributed by atoms with van der Waals surface area (Å²) in [5, 5.41) is 0. The first-order valence-corrected chi connectivity index (χ1v) is 8.92.